The van der Waals surface area contributed by atoms with Crippen LogP contribution in [0.2, 0.25) is 0 Å². The minimum atomic E-state index is 0.220. The van der Waals surface area contributed by atoms with Gasteiger partial charge in [0.25, 0.3) is 0 Å². The van der Waals surface area contributed by atoms with Crippen LogP contribution < -0.4 is 14.8 Å². The van der Waals surface area contributed by atoms with Crippen LogP contribution in [0.1, 0.15) is 53.9 Å². The Morgan fingerprint density at radius 1 is 0.905 bits per heavy atom. The molecule has 6 nitrogen and oxygen atoms in total. The molecule has 1 aromatic rings. The molecule has 0 aromatic carbocycles. The van der Waals surface area contributed by atoms with E-state index in [1.54, 1.807) is 0 Å². The average Bonchev–Trinajstić information content (AvgIpc) is 2.41. The lowest BCUT2D eigenvalue weighted by Crippen LogP contribution is -2.14. The van der Waals surface area contributed by atoms with Crippen molar-refractivity contribution in [3.05, 3.63) is 0 Å². The molecule has 1 aromatic heterocycles. The topological polar surface area (TPSA) is 69.2 Å². The number of nitrogens with one attached hydrogen (secondary N) is 1. The summed E-state index contributed by atoms with van der Waals surface area (Å²) >= 11 is 0. The van der Waals surface area contributed by atoms with Crippen molar-refractivity contribution < 1.29 is 9.47 Å². The van der Waals surface area contributed by atoms with E-state index in [0.29, 0.717) is 31.2 Å². The van der Waals surface area contributed by atoms with Gasteiger partial charge in [0, 0.05) is 6.54 Å². The van der Waals surface area contributed by atoms with Gasteiger partial charge < -0.3 is 14.8 Å². The molecular formula is C15H28N4O2. The first-order valence-corrected chi connectivity index (χ1v) is 7.70. The fourth-order valence-electron chi connectivity index (χ4n) is 1.42. The van der Waals surface area contributed by atoms with Gasteiger partial charge in [0.05, 0.1) is 13.2 Å². The molecular weight excluding hydrogens is 268 g/mol. The van der Waals surface area contributed by atoms with E-state index in [2.05, 4.69) is 48.0 Å². The summed E-state index contributed by atoms with van der Waals surface area (Å²) in [5.74, 6) is 0.503. The van der Waals surface area contributed by atoms with E-state index in [1.807, 2.05) is 6.92 Å². The van der Waals surface area contributed by atoms with Crippen LogP contribution in [-0.2, 0) is 0 Å². The van der Waals surface area contributed by atoms with Gasteiger partial charge in [0.1, 0.15) is 0 Å². The Hall–Kier alpha value is -1.59. The molecule has 0 unspecified atom stereocenters. The first-order valence-electron chi connectivity index (χ1n) is 7.70. The average molecular weight is 296 g/mol. The van der Waals surface area contributed by atoms with Crippen LogP contribution in [0.15, 0.2) is 0 Å². The van der Waals surface area contributed by atoms with Gasteiger partial charge in [-0.15, -0.1) is 4.98 Å². The zero-order valence-electron chi connectivity index (χ0n) is 13.9. The molecule has 0 aliphatic carbocycles. The van der Waals surface area contributed by atoms with Gasteiger partial charge in [-0.2, -0.15) is 9.97 Å². The van der Waals surface area contributed by atoms with Crippen molar-refractivity contribution in [3.8, 4) is 12.0 Å². The lowest BCUT2D eigenvalue weighted by atomic mass is 9.93. The molecule has 0 saturated carbocycles. The highest BCUT2D eigenvalue weighted by Crippen LogP contribution is 2.19. The Morgan fingerprint density at radius 3 is 2.05 bits per heavy atom. The van der Waals surface area contributed by atoms with Crippen molar-refractivity contribution in [2.45, 2.75) is 53.9 Å². The molecule has 0 aliphatic heterocycles. The molecule has 1 heterocycles. The highest BCUT2D eigenvalue weighted by Gasteiger charge is 2.12. The summed E-state index contributed by atoms with van der Waals surface area (Å²) in [5, 5.41) is 3.14. The van der Waals surface area contributed by atoms with Gasteiger partial charge in [-0.25, -0.2) is 0 Å². The van der Waals surface area contributed by atoms with Crippen LogP contribution in [-0.4, -0.2) is 34.7 Å². The zero-order valence-corrected chi connectivity index (χ0v) is 13.9. The van der Waals surface area contributed by atoms with E-state index in [9.17, 15) is 0 Å². The highest BCUT2D eigenvalue weighted by molar-refractivity contribution is 5.27. The second-order valence-electron chi connectivity index (χ2n) is 6.16. The monoisotopic (exact) mass is 296 g/mol. The summed E-state index contributed by atoms with van der Waals surface area (Å²) in [5.41, 5.74) is 0.220. The van der Waals surface area contributed by atoms with Crippen molar-refractivity contribution in [1.82, 2.24) is 15.0 Å². The molecule has 120 valence electrons. The third-order valence-corrected chi connectivity index (χ3v) is 2.65. The molecule has 0 bridgehead atoms. The van der Waals surface area contributed by atoms with Crippen LogP contribution in [0.5, 0.6) is 12.0 Å². The molecule has 1 rings (SSSR count). The van der Waals surface area contributed by atoms with E-state index in [-0.39, 0.29) is 5.41 Å². The molecule has 0 fully saturated rings. The molecule has 0 saturated heterocycles. The van der Waals surface area contributed by atoms with E-state index < -0.39 is 0 Å². The summed E-state index contributed by atoms with van der Waals surface area (Å²) < 4.78 is 11.1. The maximum absolute atomic E-state index is 5.64. The van der Waals surface area contributed by atoms with E-state index in [0.717, 1.165) is 25.8 Å². The van der Waals surface area contributed by atoms with Gasteiger partial charge in [0.15, 0.2) is 0 Å². The minimum Gasteiger partial charge on any atom is -0.463 e. The van der Waals surface area contributed by atoms with Crippen molar-refractivity contribution in [1.29, 1.82) is 0 Å². The molecule has 0 atom stereocenters. The summed E-state index contributed by atoms with van der Waals surface area (Å²) in [4.78, 5) is 12.7. The number of anilines is 1. The van der Waals surface area contributed by atoms with Crippen LogP contribution in [0.3, 0.4) is 0 Å². The van der Waals surface area contributed by atoms with Crippen LogP contribution in [0.25, 0.3) is 0 Å². The lowest BCUT2D eigenvalue weighted by Gasteiger charge is -2.17. The molecule has 6 heteroatoms. The van der Waals surface area contributed by atoms with Crippen molar-refractivity contribution in [3.63, 3.8) is 0 Å². The fourth-order valence-corrected chi connectivity index (χ4v) is 1.42. The number of nitrogens with zero attached hydrogens (tertiary/aromatic N) is 3. The zero-order chi connectivity index (χ0) is 15.7. The minimum absolute atomic E-state index is 0.220. The number of aromatic nitrogens is 3. The maximum atomic E-state index is 5.64. The Bertz CT molecular complexity index is 392. The predicted molar refractivity (Wildman–Crippen MR) is 84.0 cm³/mol. The molecule has 0 aliphatic rings. The lowest BCUT2D eigenvalue weighted by molar-refractivity contribution is 0.221. The molecule has 0 amide bonds. The van der Waals surface area contributed by atoms with Gasteiger partial charge in [-0.1, -0.05) is 34.6 Å². The molecule has 0 spiro atoms. The Morgan fingerprint density at radius 2 is 1.52 bits per heavy atom. The molecule has 21 heavy (non-hydrogen) atoms. The van der Waals surface area contributed by atoms with Crippen LogP contribution in [0.4, 0.5) is 5.95 Å². The summed E-state index contributed by atoms with van der Waals surface area (Å²) in [6.45, 7) is 12.6. The van der Waals surface area contributed by atoms with Crippen molar-refractivity contribution in [2.24, 2.45) is 5.41 Å². The SMILES string of the molecule is CCCNc1nc(OCCC)nc(OCCC(C)(C)C)n1. The van der Waals surface area contributed by atoms with E-state index >= 15 is 0 Å². The first-order chi connectivity index (χ1) is 9.94. The first kappa shape index (κ1) is 17.5. The van der Waals surface area contributed by atoms with Gasteiger partial charge >= 0.3 is 12.0 Å². The van der Waals surface area contributed by atoms with Crippen molar-refractivity contribution >= 4 is 5.95 Å². The van der Waals surface area contributed by atoms with E-state index in [1.165, 1.54) is 0 Å². The second kappa shape index (κ2) is 8.64. The summed E-state index contributed by atoms with van der Waals surface area (Å²) in [6.07, 6.45) is 2.84. The Balaban J connectivity index is 2.70. The number of hydrogen-bond acceptors (Lipinski definition) is 6. The van der Waals surface area contributed by atoms with Crippen LogP contribution >= 0.6 is 0 Å². The summed E-state index contributed by atoms with van der Waals surface area (Å²) in [7, 11) is 0. The number of rotatable bonds is 9. The summed E-state index contributed by atoms with van der Waals surface area (Å²) in [6, 6.07) is 0.634. The third-order valence-electron chi connectivity index (χ3n) is 2.65. The van der Waals surface area contributed by atoms with Crippen molar-refractivity contribution in [2.75, 3.05) is 25.1 Å². The quantitative estimate of drug-likeness (QED) is 0.754. The van der Waals surface area contributed by atoms with Crippen LogP contribution in [0, 0.1) is 5.41 Å². The standard InChI is InChI=1S/C15H28N4O2/c1-6-9-16-12-17-13(20-10-7-2)19-14(18-12)21-11-8-15(3,4)5/h6-11H2,1-5H3,(H,16,17,18,19). The highest BCUT2D eigenvalue weighted by atomic mass is 16.5. The Labute approximate surface area is 127 Å². The smallest absolute Gasteiger partial charge is 0.324 e. The van der Waals surface area contributed by atoms with Gasteiger partial charge in [0.2, 0.25) is 5.95 Å². The second-order valence-corrected chi connectivity index (χ2v) is 6.16. The maximum Gasteiger partial charge on any atom is 0.324 e. The molecule has 0 radical (unpaired) electrons. The molecule has 1 N–H and O–H groups in total. The third kappa shape index (κ3) is 7.68. The van der Waals surface area contributed by atoms with Gasteiger partial charge in [-0.3, -0.25) is 0 Å². The van der Waals surface area contributed by atoms with E-state index in [4.69, 9.17) is 9.47 Å². The number of hydrogen-bond donors (Lipinski definition) is 1. The van der Waals surface area contributed by atoms with Gasteiger partial charge in [-0.05, 0) is 24.7 Å². The number of ether oxygens (including phenoxy) is 2. The Kier molecular flexibility index (Phi) is 7.19. The largest absolute Gasteiger partial charge is 0.463 e. The predicted octanol–water partition coefficient (Wildman–Crippen LogP) is 3.30. The fraction of sp³-hybridized carbons (Fsp3) is 0.800. The normalized spacial score (nSPS) is 11.3.